The summed E-state index contributed by atoms with van der Waals surface area (Å²) >= 11 is 0. The molecule has 0 aromatic carbocycles. The van der Waals surface area contributed by atoms with E-state index in [1.54, 1.807) is 0 Å². The standard InChI is InChI=1S/C13H25NO3/c1-4-14-8-5-6-13(17,7-9-14)11(10(2)3)12(15)16/h10-11,17H,4-9H2,1-3H3,(H,15,16). The smallest absolute Gasteiger partial charge is 0.309 e. The summed E-state index contributed by atoms with van der Waals surface area (Å²) < 4.78 is 0. The molecule has 2 unspecified atom stereocenters. The summed E-state index contributed by atoms with van der Waals surface area (Å²) in [6.45, 7) is 8.57. The minimum Gasteiger partial charge on any atom is -0.481 e. The van der Waals surface area contributed by atoms with E-state index in [0.717, 1.165) is 26.1 Å². The topological polar surface area (TPSA) is 60.8 Å². The van der Waals surface area contributed by atoms with Gasteiger partial charge < -0.3 is 15.1 Å². The van der Waals surface area contributed by atoms with Crippen molar-refractivity contribution in [2.75, 3.05) is 19.6 Å². The van der Waals surface area contributed by atoms with Gasteiger partial charge in [-0.1, -0.05) is 20.8 Å². The highest BCUT2D eigenvalue weighted by Crippen LogP contribution is 2.34. The van der Waals surface area contributed by atoms with Gasteiger partial charge in [-0.15, -0.1) is 0 Å². The number of likely N-dealkylation sites (tertiary alicyclic amines) is 1. The molecule has 1 saturated heterocycles. The maximum atomic E-state index is 11.3. The van der Waals surface area contributed by atoms with Crippen LogP contribution in [0.15, 0.2) is 0 Å². The second-order valence-corrected chi connectivity index (χ2v) is 5.45. The number of nitrogens with zero attached hydrogens (tertiary/aromatic N) is 1. The van der Waals surface area contributed by atoms with E-state index in [2.05, 4.69) is 11.8 Å². The summed E-state index contributed by atoms with van der Waals surface area (Å²) in [7, 11) is 0. The molecule has 100 valence electrons. The Labute approximate surface area is 104 Å². The normalized spacial score (nSPS) is 29.0. The van der Waals surface area contributed by atoms with Crippen LogP contribution in [-0.4, -0.2) is 46.3 Å². The number of hydrogen-bond acceptors (Lipinski definition) is 3. The number of aliphatic carboxylic acids is 1. The van der Waals surface area contributed by atoms with E-state index in [1.807, 2.05) is 13.8 Å². The second-order valence-electron chi connectivity index (χ2n) is 5.45. The van der Waals surface area contributed by atoms with Gasteiger partial charge in [-0.25, -0.2) is 0 Å². The fourth-order valence-corrected chi connectivity index (χ4v) is 2.96. The Kier molecular flexibility index (Phi) is 4.95. The number of aliphatic hydroxyl groups is 1. The monoisotopic (exact) mass is 243 g/mol. The van der Waals surface area contributed by atoms with Crippen LogP contribution in [0, 0.1) is 11.8 Å². The van der Waals surface area contributed by atoms with Gasteiger partial charge in [0.2, 0.25) is 0 Å². The van der Waals surface area contributed by atoms with Crippen molar-refractivity contribution in [3.8, 4) is 0 Å². The Morgan fingerprint density at radius 1 is 1.35 bits per heavy atom. The van der Waals surface area contributed by atoms with Gasteiger partial charge in [-0.05, 0) is 38.3 Å². The first-order valence-electron chi connectivity index (χ1n) is 6.58. The highest BCUT2D eigenvalue weighted by atomic mass is 16.4. The molecule has 1 aliphatic heterocycles. The van der Waals surface area contributed by atoms with Crippen LogP contribution in [0.3, 0.4) is 0 Å². The van der Waals surface area contributed by atoms with E-state index >= 15 is 0 Å². The maximum Gasteiger partial charge on any atom is 0.309 e. The van der Waals surface area contributed by atoms with Gasteiger partial charge in [0.15, 0.2) is 0 Å². The van der Waals surface area contributed by atoms with Gasteiger partial charge in [0.05, 0.1) is 11.5 Å². The third-order valence-electron chi connectivity index (χ3n) is 3.90. The Morgan fingerprint density at radius 2 is 2.00 bits per heavy atom. The molecule has 0 amide bonds. The molecule has 0 aromatic heterocycles. The number of hydrogen-bond donors (Lipinski definition) is 2. The van der Waals surface area contributed by atoms with Crippen LogP contribution >= 0.6 is 0 Å². The molecule has 2 atom stereocenters. The van der Waals surface area contributed by atoms with E-state index in [1.165, 1.54) is 0 Å². The van der Waals surface area contributed by atoms with E-state index in [4.69, 9.17) is 0 Å². The van der Waals surface area contributed by atoms with E-state index in [9.17, 15) is 15.0 Å². The third kappa shape index (κ3) is 3.42. The average molecular weight is 243 g/mol. The SMILES string of the molecule is CCN1CCCC(O)(C(C(=O)O)C(C)C)CC1. The highest BCUT2D eigenvalue weighted by Gasteiger charge is 2.43. The van der Waals surface area contributed by atoms with Crippen molar-refractivity contribution >= 4 is 5.97 Å². The molecule has 1 rings (SSSR count). The maximum absolute atomic E-state index is 11.3. The van der Waals surface area contributed by atoms with Crippen LogP contribution in [0.1, 0.15) is 40.0 Å². The summed E-state index contributed by atoms with van der Waals surface area (Å²) in [5, 5.41) is 20.0. The van der Waals surface area contributed by atoms with Gasteiger partial charge in [0.25, 0.3) is 0 Å². The first kappa shape index (κ1) is 14.5. The lowest BCUT2D eigenvalue weighted by molar-refractivity contribution is -0.156. The first-order chi connectivity index (χ1) is 7.90. The molecule has 0 aromatic rings. The molecule has 4 nitrogen and oxygen atoms in total. The largest absolute Gasteiger partial charge is 0.481 e. The van der Waals surface area contributed by atoms with Gasteiger partial charge in [0, 0.05) is 6.54 Å². The van der Waals surface area contributed by atoms with Crippen LogP contribution in [-0.2, 0) is 4.79 Å². The van der Waals surface area contributed by atoms with Crippen molar-refractivity contribution in [1.82, 2.24) is 4.90 Å². The van der Waals surface area contributed by atoms with Crippen LogP contribution in [0.4, 0.5) is 0 Å². The lowest BCUT2D eigenvalue weighted by atomic mass is 9.75. The van der Waals surface area contributed by atoms with Crippen molar-refractivity contribution in [3.05, 3.63) is 0 Å². The van der Waals surface area contributed by atoms with Crippen molar-refractivity contribution in [3.63, 3.8) is 0 Å². The van der Waals surface area contributed by atoms with Crippen LogP contribution in [0.5, 0.6) is 0 Å². The van der Waals surface area contributed by atoms with Crippen molar-refractivity contribution in [2.45, 2.75) is 45.6 Å². The van der Waals surface area contributed by atoms with Crippen LogP contribution in [0.25, 0.3) is 0 Å². The molecule has 0 saturated carbocycles. The molecule has 2 N–H and O–H groups in total. The fraction of sp³-hybridized carbons (Fsp3) is 0.923. The lowest BCUT2D eigenvalue weighted by Crippen LogP contribution is -2.46. The Morgan fingerprint density at radius 3 is 2.47 bits per heavy atom. The van der Waals surface area contributed by atoms with E-state index < -0.39 is 17.5 Å². The van der Waals surface area contributed by atoms with E-state index in [0.29, 0.717) is 12.8 Å². The molecule has 0 aliphatic carbocycles. The van der Waals surface area contributed by atoms with Crippen LogP contribution in [0.2, 0.25) is 0 Å². The number of rotatable bonds is 4. The van der Waals surface area contributed by atoms with Gasteiger partial charge in [0.1, 0.15) is 0 Å². The molecule has 4 heteroatoms. The first-order valence-corrected chi connectivity index (χ1v) is 6.58. The molecule has 0 bridgehead atoms. The van der Waals surface area contributed by atoms with E-state index in [-0.39, 0.29) is 5.92 Å². The lowest BCUT2D eigenvalue weighted by Gasteiger charge is -2.35. The fourth-order valence-electron chi connectivity index (χ4n) is 2.96. The van der Waals surface area contributed by atoms with Crippen LogP contribution < -0.4 is 0 Å². The summed E-state index contributed by atoms with van der Waals surface area (Å²) in [6, 6.07) is 0. The Hall–Kier alpha value is -0.610. The van der Waals surface area contributed by atoms with Crippen molar-refractivity contribution in [1.29, 1.82) is 0 Å². The second kappa shape index (κ2) is 5.83. The molecule has 1 aliphatic rings. The average Bonchev–Trinajstić information content (AvgIpc) is 2.39. The number of carbonyl (C=O) groups is 1. The van der Waals surface area contributed by atoms with Crippen molar-refractivity contribution in [2.24, 2.45) is 11.8 Å². The minimum absolute atomic E-state index is 0.0364. The van der Waals surface area contributed by atoms with Gasteiger partial charge >= 0.3 is 5.97 Å². The zero-order valence-corrected chi connectivity index (χ0v) is 11.1. The zero-order valence-electron chi connectivity index (χ0n) is 11.1. The summed E-state index contributed by atoms with van der Waals surface area (Å²) in [5.74, 6) is -1.56. The van der Waals surface area contributed by atoms with Gasteiger partial charge in [-0.3, -0.25) is 4.79 Å². The van der Waals surface area contributed by atoms with Gasteiger partial charge in [-0.2, -0.15) is 0 Å². The number of carboxylic acid groups (broad SMARTS) is 1. The summed E-state index contributed by atoms with van der Waals surface area (Å²) in [6.07, 6.45) is 2.04. The third-order valence-corrected chi connectivity index (χ3v) is 3.90. The predicted octanol–water partition coefficient (Wildman–Crippen LogP) is 1.58. The Bertz CT molecular complexity index is 267. The van der Waals surface area contributed by atoms with Crippen molar-refractivity contribution < 1.29 is 15.0 Å². The summed E-state index contributed by atoms with van der Waals surface area (Å²) in [4.78, 5) is 13.6. The quantitative estimate of drug-likeness (QED) is 0.787. The Balaban J connectivity index is 2.81. The molecule has 17 heavy (non-hydrogen) atoms. The molecule has 1 heterocycles. The number of carboxylic acids is 1. The molecular weight excluding hydrogens is 218 g/mol. The molecule has 0 spiro atoms. The predicted molar refractivity (Wildman–Crippen MR) is 66.9 cm³/mol. The molecular formula is C13H25NO3. The molecule has 1 fully saturated rings. The molecule has 0 radical (unpaired) electrons. The highest BCUT2D eigenvalue weighted by molar-refractivity contribution is 5.71. The minimum atomic E-state index is -1.04. The summed E-state index contributed by atoms with van der Waals surface area (Å²) in [5.41, 5.74) is -1.04. The zero-order chi connectivity index (χ0) is 13.1.